The number of ether oxygens (including phenoxy) is 1. The van der Waals surface area contributed by atoms with Crippen molar-refractivity contribution in [1.29, 1.82) is 0 Å². The van der Waals surface area contributed by atoms with E-state index in [0.717, 1.165) is 29.1 Å². The Balaban J connectivity index is 1.45. The number of hydrogen-bond donors (Lipinski definition) is 0. The van der Waals surface area contributed by atoms with Crippen LogP contribution in [-0.2, 0) is 14.0 Å². The predicted octanol–water partition coefficient (Wildman–Crippen LogP) is 4.61. The van der Waals surface area contributed by atoms with Crippen molar-refractivity contribution in [1.82, 2.24) is 9.80 Å². The Morgan fingerprint density at radius 3 is 2.22 bits per heavy atom. The van der Waals surface area contributed by atoms with Gasteiger partial charge in [0.2, 0.25) is 0 Å². The van der Waals surface area contributed by atoms with E-state index in [1.54, 1.807) is 11.9 Å². The summed E-state index contributed by atoms with van der Waals surface area (Å²) in [5.74, 6) is 0.0105. The SMILES string of the molecule is CN(C(=O)OC(C)(C)C)C1CCN(C(=O)c2ccc3c(B4OC(C)(C)C(C)(C)O4)cccc3c2)CC1. The molecule has 2 heterocycles. The van der Waals surface area contributed by atoms with E-state index in [0.29, 0.717) is 18.7 Å². The number of nitrogens with zero attached hydrogens (tertiary/aromatic N) is 2. The highest BCUT2D eigenvalue weighted by molar-refractivity contribution is 6.65. The molecule has 0 N–H and O–H groups in total. The Morgan fingerprint density at radius 1 is 1.03 bits per heavy atom. The van der Waals surface area contributed by atoms with Gasteiger partial charge in [-0.2, -0.15) is 0 Å². The minimum atomic E-state index is -0.527. The first kappa shape index (κ1) is 26.5. The van der Waals surface area contributed by atoms with Crippen molar-refractivity contribution in [2.45, 2.75) is 84.2 Å². The quantitative estimate of drug-likeness (QED) is 0.583. The van der Waals surface area contributed by atoms with E-state index in [2.05, 4.69) is 0 Å². The molecule has 194 valence electrons. The molecule has 0 spiro atoms. The first-order chi connectivity index (χ1) is 16.7. The molecule has 2 aromatic rings. The van der Waals surface area contributed by atoms with Gasteiger partial charge in [0.15, 0.2) is 0 Å². The smallest absolute Gasteiger partial charge is 0.444 e. The topological polar surface area (TPSA) is 68.3 Å². The minimum absolute atomic E-state index is 0.0105. The van der Waals surface area contributed by atoms with Crippen LogP contribution in [0, 0.1) is 0 Å². The minimum Gasteiger partial charge on any atom is -0.444 e. The molecule has 8 heteroatoms. The zero-order chi connectivity index (χ0) is 26.5. The molecule has 0 unspecified atom stereocenters. The van der Waals surface area contributed by atoms with Gasteiger partial charge in [-0.25, -0.2) is 4.79 Å². The summed E-state index contributed by atoms with van der Waals surface area (Å²) in [6.07, 6.45) is 1.13. The van der Waals surface area contributed by atoms with Gasteiger partial charge < -0.3 is 23.8 Å². The molecule has 2 saturated heterocycles. The molecule has 0 atom stereocenters. The largest absolute Gasteiger partial charge is 0.495 e. The monoisotopic (exact) mass is 494 g/mol. The first-order valence-electron chi connectivity index (χ1n) is 12.8. The molecule has 0 saturated carbocycles. The summed E-state index contributed by atoms with van der Waals surface area (Å²) >= 11 is 0. The Morgan fingerprint density at radius 2 is 1.64 bits per heavy atom. The van der Waals surface area contributed by atoms with Crippen LogP contribution in [0.3, 0.4) is 0 Å². The third-order valence-electron chi connectivity index (χ3n) is 7.65. The van der Waals surface area contributed by atoms with Crippen LogP contribution in [0.25, 0.3) is 10.8 Å². The maximum atomic E-state index is 13.3. The van der Waals surface area contributed by atoms with E-state index >= 15 is 0 Å². The standard InChI is InChI=1S/C28H39BN2O5/c1-26(2,3)34-25(33)30(8)21-14-16-31(17-15-21)24(32)20-12-13-22-19(18-20)10-9-11-23(22)29-35-27(4,5)28(6,7)36-29/h9-13,18,21H,14-17H2,1-8H3. The van der Waals surface area contributed by atoms with Crippen molar-refractivity contribution in [2.75, 3.05) is 20.1 Å². The first-order valence-corrected chi connectivity index (χ1v) is 12.8. The summed E-state index contributed by atoms with van der Waals surface area (Å²) in [5, 5.41) is 2.00. The fourth-order valence-corrected chi connectivity index (χ4v) is 4.74. The molecule has 0 radical (unpaired) electrons. The lowest BCUT2D eigenvalue weighted by molar-refractivity contribution is 0.00578. The van der Waals surface area contributed by atoms with Crippen LogP contribution < -0.4 is 5.46 Å². The Bertz CT molecular complexity index is 1130. The van der Waals surface area contributed by atoms with Crippen molar-refractivity contribution >= 4 is 35.4 Å². The molecule has 36 heavy (non-hydrogen) atoms. The highest BCUT2D eigenvalue weighted by atomic mass is 16.7. The van der Waals surface area contributed by atoms with Crippen LogP contribution in [0.5, 0.6) is 0 Å². The summed E-state index contributed by atoms with van der Waals surface area (Å²) in [4.78, 5) is 29.3. The van der Waals surface area contributed by atoms with Gasteiger partial charge in [-0.1, -0.05) is 24.3 Å². The number of hydrogen-bond acceptors (Lipinski definition) is 5. The fourth-order valence-electron chi connectivity index (χ4n) is 4.74. The zero-order valence-electron chi connectivity index (χ0n) is 22.9. The lowest BCUT2D eigenvalue weighted by Crippen LogP contribution is -2.48. The number of piperidine rings is 1. The van der Waals surface area contributed by atoms with Gasteiger partial charge in [0.05, 0.1) is 11.2 Å². The van der Waals surface area contributed by atoms with E-state index in [1.165, 1.54) is 0 Å². The molecular weight excluding hydrogens is 455 g/mol. The van der Waals surface area contributed by atoms with Gasteiger partial charge in [0, 0.05) is 31.7 Å². The molecular formula is C28H39BN2O5. The lowest BCUT2D eigenvalue weighted by atomic mass is 9.76. The highest BCUT2D eigenvalue weighted by Gasteiger charge is 2.52. The van der Waals surface area contributed by atoms with Crippen LogP contribution in [0.4, 0.5) is 4.79 Å². The molecule has 4 rings (SSSR count). The second-order valence-corrected chi connectivity index (χ2v) is 12.0. The van der Waals surface area contributed by atoms with Crippen LogP contribution in [-0.4, -0.2) is 71.9 Å². The van der Waals surface area contributed by atoms with E-state index < -0.39 is 23.9 Å². The van der Waals surface area contributed by atoms with E-state index in [4.69, 9.17) is 14.0 Å². The molecule has 7 nitrogen and oxygen atoms in total. The van der Waals surface area contributed by atoms with E-state index in [-0.39, 0.29) is 18.0 Å². The Kier molecular flexibility index (Phi) is 6.90. The summed E-state index contributed by atoms with van der Waals surface area (Å²) in [7, 11) is 1.32. The third kappa shape index (κ3) is 5.25. The van der Waals surface area contributed by atoms with Gasteiger partial charge >= 0.3 is 13.2 Å². The summed E-state index contributed by atoms with van der Waals surface area (Å²) < 4.78 is 18.0. The average Bonchev–Trinajstić information content (AvgIpc) is 3.02. The van der Waals surface area contributed by atoms with Gasteiger partial charge in [-0.3, -0.25) is 4.79 Å². The normalized spacial score (nSPS) is 20.0. The summed E-state index contributed by atoms with van der Waals surface area (Å²) in [5.41, 5.74) is 0.266. The Hall–Kier alpha value is -2.58. The van der Waals surface area contributed by atoms with Gasteiger partial charge in [0.1, 0.15) is 5.60 Å². The maximum absolute atomic E-state index is 13.3. The highest BCUT2D eigenvalue weighted by Crippen LogP contribution is 2.37. The molecule has 2 amide bonds. The molecule has 2 aliphatic heterocycles. The van der Waals surface area contributed by atoms with E-state index in [1.807, 2.05) is 89.8 Å². The third-order valence-corrected chi connectivity index (χ3v) is 7.65. The van der Waals surface area contributed by atoms with Crippen LogP contribution in [0.2, 0.25) is 0 Å². The molecule has 0 aliphatic carbocycles. The number of amides is 2. The van der Waals surface area contributed by atoms with Crippen LogP contribution in [0.1, 0.15) is 71.7 Å². The second-order valence-electron chi connectivity index (χ2n) is 12.0. The predicted molar refractivity (Wildman–Crippen MR) is 143 cm³/mol. The summed E-state index contributed by atoms with van der Waals surface area (Å²) in [6, 6.07) is 11.9. The average molecular weight is 494 g/mol. The Labute approximate surface area is 215 Å². The number of benzene rings is 2. The van der Waals surface area contributed by atoms with Crippen molar-refractivity contribution in [3.05, 3.63) is 42.0 Å². The van der Waals surface area contributed by atoms with Gasteiger partial charge in [-0.15, -0.1) is 0 Å². The molecule has 0 bridgehead atoms. The van der Waals surface area contributed by atoms with Crippen molar-refractivity contribution < 1.29 is 23.6 Å². The molecule has 0 aromatic heterocycles. The number of fused-ring (bicyclic) bond motifs is 1. The van der Waals surface area contributed by atoms with Crippen molar-refractivity contribution in [3.63, 3.8) is 0 Å². The van der Waals surface area contributed by atoms with Crippen molar-refractivity contribution in [2.24, 2.45) is 0 Å². The number of likely N-dealkylation sites (tertiary alicyclic amines) is 1. The van der Waals surface area contributed by atoms with Gasteiger partial charge in [0.25, 0.3) is 5.91 Å². The van der Waals surface area contributed by atoms with Crippen LogP contribution in [0.15, 0.2) is 36.4 Å². The number of carbonyl (C=O) groups excluding carboxylic acids is 2. The van der Waals surface area contributed by atoms with Crippen molar-refractivity contribution in [3.8, 4) is 0 Å². The fraction of sp³-hybridized carbons (Fsp3) is 0.571. The van der Waals surface area contributed by atoms with E-state index in [9.17, 15) is 9.59 Å². The van der Waals surface area contributed by atoms with Crippen LogP contribution >= 0.6 is 0 Å². The molecule has 2 aliphatic rings. The number of carbonyl (C=O) groups is 2. The second kappa shape index (κ2) is 9.38. The maximum Gasteiger partial charge on any atom is 0.495 e. The zero-order valence-corrected chi connectivity index (χ0v) is 22.9. The number of rotatable bonds is 3. The molecule has 2 fully saturated rings. The van der Waals surface area contributed by atoms with Gasteiger partial charge in [-0.05, 0) is 89.7 Å². The lowest BCUT2D eigenvalue weighted by Gasteiger charge is -2.37. The molecule has 2 aromatic carbocycles. The summed E-state index contributed by atoms with van der Waals surface area (Å²) in [6.45, 7) is 15.0.